The molecule has 3 aromatic rings. The van der Waals surface area contributed by atoms with E-state index in [0.717, 1.165) is 30.3 Å². The summed E-state index contributed by atoms with van der Waals surface area (Å²) in [7, 11) is 0. The van der Waals surface area contributed by atoms with E-state index in [4.69, 9.17) is 0 Å². The van der Waals surface area contributed by atoms with Gasteiger partial charge in [-0.1, -0.05) is 72.1 Å². The molecule has 0 bridgehead atoms. The topological polar surface area (TPSA) is 61.8 Å². The van der Waals surface area contributed by atoms with Gasteiger partial charge in [-0.05, 0) is 59.7 Å². The highest BCUT2D eigenvalue weighted by Gasteiger charge is 2.33. The molecule has 1 unspecified atom stereocenters. The first kappa shape index (κ1) is 23.9. The number of halogens is 3. The first-order valence-corrected chi connectivity index (χ1v) is 12.7. The average Bonchev–Trinajstić information content (AvgIpc) is 3.25. The highest BCUT2D eigenvalue weighted by molar-refractivity contribution is 9.11. The Labute approximate surface area is 217 Å². The number of nitrogens with zero attached hydrogens (tertiary/aromatic N) is 2. The molecule has 2 amide bonds. The lowest BCUT2D eigenvalue weighted by Gasteiger charge is -2.22. The highest BCUT2D eigenvalue weighted by Crippen LogP contribution is 2.34. The van der Waals surface area contributed by atoms with Gasteiger partial charge < -0.3 is 5.32 Å². The Balaban J connectivity index is 1.48. The summed E-state index contributed by atoms with van der Waals surface area (Å²) in [5.74, 6) is -0.386. The Morgan fingerprint density at radius 1 is 0.818 bits per heavy atom. The van der Waals surface area contributed by atoms with Gasteiger partial charge in [0.25, 0.3) is 0 Å². The number of hydrazone groups is 1. The number of hydrogen-bond acceptors (Lipinski definition) is 3. The Kier molecular flexibility index (Phi) is 7.78. The molecule has 0 radical (unpaired) electrons. The number of amides is 2. The first-order chi connectivity index (χ1) is 15.9. The smallest absolute Gasteiger partial charge is 0.243 e. The molecule has 8 heteroatoms. The summed E-state index contributed by atoms with van der Waals surface area (Å²) < 4.78 is 2.89. The number of rotatable bonds is 6. The van der Waals surface area contributed by atoms with Crippen molar-refractivity contribution in [1.82, 2.24) is 5.01 Å². The largest absolute Gasteiger partial charge is 0.326 e. The van der Waals surface area contributed by atoms with E-state index in [2.05, 4.69) is 58.2 Å². The van der Waals surface area contributed by atoms with E-state index in [1.165, 1.54) is 5.01 Å². The second kappa shape index (κ2) is 10.8. The Hall–Kier alpha value is -2.29. The first-order valence-electron chi connectivity index (χ1n) is 10.4. The van der Waals surface area contributed by atoms with Crippen molar-refractivity contribution >= 4 is 71.0 Å². The van der Waals surface area contributed by atoms with Crippen molar-refractivity contribution in [3.05, 3.63) is 97.3 Å². The van der Waals surface area contributed by atoms with E-state index in [1.807, 2.05) is 72.8 Å². The number of anilines is 1. The average molecular weight is 634 g/mol. The second-order valence-corrected chi connectivity index (χ2v) is 10.4. The summed E-state index contributed by atoms with van der Waals surface area (Å²) in [6, 6.07) is 22.9. The monoisotopic (exact) mass is 631 g/mol. The van der Waals surface area contributed by atoms with E-state index >= 15 is 0 Å². The van der Waals surface area contributed by atoms with Crippen molar-refractivity contribution in [3.63, 3.8) is 0 Å². The minimum atomic E-state index is -0.209. The molecule has 1 N–H and O–H groups in total. The molecule has 5 nitrogen and oxygen atoms in total. The fourth-order valence-electron chi connectivity index (χ4n) is 3.59. The number of hydrogen-bond donors (Lipinski definition) is 1. The van der Waals surface area contributed by atoms with Gasteiger partial charge in [0.2, 0.25) is 11.8 Å². The van der Waals surface area contributed by atoms with Crippen LogP contribution in [0.15, 0.2) is 91.3 Å². The number of benzene rings is 3. The maximum absolute atomic E-state index is 13.1. The quantitative estimate of drug-likeness (QED) is 0.316. The molecule has 0 fully saturated rings. The maximum atomic E-state index is 13.1. The van der Waals surface area contributed by atoms with Crippen LogP contribution in [0.3, 0.4) is 0 Å². The molecular weight excluding hydrogens is 614 g/mol. The van der Waals surface area contributed by atoms with E-state index in [0.29, 0.717) is 12.1 Å². The van der Waals surface area contributed by atoms with Crippen molar-refractivity contribution in [1.29, 1.82) is 0 Å². The highest BCUT2D eigenvalue weighted by atomic mass is 79.9. The third-order valence-electron chi connectivity index (χ3n) is 5.29. The number of carbonyl (C=O) groups is 2. The Morgan fingerprint density at radius 3 is 1.97 bits per heavy atom. The number of carbonyl (C=O) groups excluding carboxylic acids is 2. The predicted molar refractivity (Wildman–Crippen MR) is 141 cm³/mol. The molecule has 1 aliphatic rings. The lowest BCUT2D eigenvalue weighted by Crippen LogP contribution is -2.28. The van der Waals surface area contributed by atoms with Crippen LogP contribution >= 0.6 is 47.8 Å². The molecule has 0 spiro atoms. The zero-order chi connectivity index (χ0) is 23.4. The molecule has 0 aromatic heterocycles. The lowest BCUT2D eigenvalue weighted by atomic mass is 9.98. The van der Waals surface area contributed by atoms with Crippen LogP contribution in [0.5, 0.6) is 0 Å². The van der Waals surface area contributed by atoms with E-state index in [-0.39, 0.29) is 30.7 Å². The van der Waals surface area contributed by atoms with Gasteiger partial charge in [0.05, 0.1) is 11.8 Å². The summed E-state index contributed by atoms with van der Waals surface area (Å²) in [6.07, 6.45) is 0.772. The van der Waals surface area contributed by atoms with Crippen LogP contribution in [0.2, 0.25) is 0 Å². The van der Waals surface area contributed by atoms with Gasteiger partial charge >= 0.3 is 0 Å². The molecule has 0 aliphatic carbocycles. The molecular formula is C25H20Br3N3O2. The third kappa shape index (κ3) is 6.19. The second-order valence-electron chi connectivity index (χ2n) is 7.62. The lowest BCUT2D eigenvalue weighted by molar-refractivity contribution is -0.134. The van der Waals surface area contributed by atoms with Crippen molar-refractivity contribution in [2.75, 3.05) is 5.32 Å². The van der Waals surface area contributed by atoms with Crippen LogP contribution in [0.25, 0.3) is 0 Å². The molecule has 4 rings (SSSR count). The normalized spacial score (nSPS) is 15.3. The molecule has 1 atom stereocenters. The van der Waals surface area contributed by atoms with Gasteiger partial charge in [-0.15, -0.1) is 0 Å². The zero-order valence-corrected chi connectivity index (χ0v) is 22.2. The van der Waals surface area contributed by atoms with Crippen LogP contribution in [-0.2, 0) is 9.59 Å². The van der Waals surface area contributed by atoms with E-state index in [1.54, 1.807) is 0 Å². The Bertz CT molecular complexity index is 1180. The minimum Gasteiger partial charge on any atom is -0.326 e. The standard InChI is InChI=1S/C25H20Br3N3O2/c26-18-5-1-16(2-6-18)22-15-23(17-3-7-19(27)8-4-17)31(30-22)25(33)14-13-24(32)29-21-11-9-20(28)10-12-21/h1-12,23H,13-15H2,(H,29,32). The van der Waals surface area contributed by atoms with Gasteiger partial charge in [-0.25, -0.2) is 5.01 Å². The van der Waals surface area contributed by atoms with E-state index in [9.17, 15) is 9.59 Å². The van der Waals surface area contributed by atoms with Crippen molar-refractivity contribution < 1.29 is 9.59 Å². The van der Waals surface area contributed by atoms with Crippen molar-refractivity contribution in [2.24, 2.45) is 5.10 Å². The summed E-state index contributed by atoms with van der Waals surface area (Å²) in [6.45, 7) is 0. The maximum Gasteiger partial charge on any atom is 0.243 e. The van der Waals surface area contributed by atoms with Gasteiger partial charge in [0, 0.05) is 38.4 Å². The van der Waals surface area contributed by atoms with Gasteiger partial charge in [0.15, 0.2) is 0 Å². The van der Waals surface area contributed by atoms with E-state index < -0.39 is 0 Å². The fourth-order valence-corrected chi connectivity index (χ4v) is 4.39. The van der Waals surface area contributed by atoms with Crippen LogP contribution in [0.4, 0.5) is 5.69 Å². The molecule has 168 valence electrons. The van der Waals surface area contributed by atoms with Crippen molar-refractivity contribution in [3.8, 4) is 0 Å². The number of nitrogens with one attached hydrogen (secondary N) is 1. The van der Waals surface area contributed by atoms with Crippen molar-refractivity contribution in [2.45, 2.75) is 25.3 Å². The zero-order valence-electron chi connectivity index (χ0n) is 17.5. The fraction of sp³-hybridized carbons (Fsp3) is 0.160. The third-order valence-corrected chi connectivity index (χ3v) is 6.88. The Morgan fingerprint density at radius 2 is 1.36 bits per heavy atom. The summed E-state index contributed by atoms with van der Waals surface area (Å²) in [5, 5.41) is 9.04. The summed E-state index contributed by atoms with van der Waals surface area (Å²) in [5.41, 5.74) is 3.52. The molecule has 0 saturated carbocycles. The molecule has 1 heterocycles. The molecule has 0 saturated heterocycles. The molecule has 1 aliphatic heterocycles. The van der Waals surface area contributed by atoms with Gasteiger partial charge in [-0.2, -0.15) is 5.10 Å². The molecule has 33 heavy (non-hydrogen) atoms. The van der Waals surface area contributed by atoms with Crippen LogP contribution in [0, 0.1) is 0 Å². The summed E-state index contributed by atoms with van der Waals surface area (Å²) >= 11 is 10.3. The van der Waals surface area contributed by atoms with Crippen LogP contribution in [-0.4, -0.2) is 22.5 Å². The van der Waals surface area contributed by atoms with Gasteiger partial charge in [-0.3, -0.25) is 9.59 Å². The SMILES string of the molecule is O=C(CCC(=O)N1N=C(c2ccc(Br)cc2)CC1c1ccc(Br)cc1)Nc1ccc(Br)cc1. The van der Waals surface area contributed by atoms with Crippen LogP contribution in [0.1, 0.15) is 36.4 Å². The van der Waals surface area contributed by atoms with Gasteiger partial charge in [0.1, 0.15) is 0 Å². The predicted octanol–water partition coefficient (Wildman–Crippen LogP) is 7.07. The molecule has 3 aromatic carbocycles. The van der Waals surface area contributed by atoms with Crippen LogP contribution < -0.4 is 5.32 Å². The minimum absolute atomic E-state index is 0.0759. The summed E-state index contributed by atoms with van der Waals surface area (Å²) in [4.78, 5) is 25.5.